The molecule has 3 heteroatoms. The van der Waals surface area contributed by atoms with E-state index in [1.54, 1.807) is 12.1 Å². The van der Waals surface area contributed by atoms with Gasteiger partial charge in [-0.05, 0) is 30.5 Å². The Bertz CT molecular complexity index is 423. The lowest BCUT2D eigenvalue weighted by atomic mass is 10.0. The Morgan fingerprint density at radius 1 is 1.26 bits per heavy atom. The van der Waals surface area contributed by atoms with E-state index in [1.165, 1.54) is 25.3 Å². The van der Waals surface area contributed by atoms with Gasteiger partial charge in [-0.1, -0.05) is 39.2 Å². The van der Waals surface area contributed by atoms with Crippen LogP contribution in [0.15, 0.2) is 18.2 Å². The van der Waals surface area contributed by atoms with E-state index in [4.69, 9.17) is 5.26 Å². The number of nitriles is 1. The second-order valence-corrected chi connectivity index (χ2v) is 4.93. The van der Waals surface area contributed by atoms with Crippen LogP contribution in [-0.2, 0) is 6.54 Å². The molecule has 1 atom stereocenters. The maximum Gasteiger partial charge on any atom is 0.140 e. The lowest BCUT2D eigenvalue weighted by Crippen LogP contribution is -2.28. The maximum atomic E-state index is 13.2. The average Bonchev–Trinajstić information content (AvgIpc) is 2.43. The summed E-state index contributed by atoms with van der Waals surface area (Å²) in [6, 6.07) is 7.14. The Morgan fingerprint density at radius 3 is 2.68 bits per heavy atom. The van der Waals surface area contributed by atoms with Crippen LogP contribution in [0.2, 0.25) is 0 Å². The number of benzene rings is 1. The van der Waals surface area contributed by atoms with Gasteiger partial charge in [0.1, 0.15) is 11.9 Å². The molecule has 104 valence electrons. The quantitative estimate of drug-likeness (QED) is 0.764. The molecule has 1 aromatic carbocycles. The summed E-state index contributed by atoms with van der Waals surface area (Å²) in [6.45, 7) is 5.08. The van der Waals surface area contributed by atoms with Crippen LogP contribution in [0.5, 0.6) is 0 Å². The normalized spacial score (nSPS) is 12.1. The van der Waals surface area contributed by atoms with Crippen LogP contribution in [0.1, 0.15) is 57.1 Å². The fraction of sp³-hybridized carbons (Fsp3) is 0.562. The fourth-order valence-electron chi connectivity index (χ4n) is 2.18. The molecule has 0 saturated heterocycles. The number of unbranched alkanes of at least 4 members (excludes halogenated alkanes) is 1. The SMILES string of the molecule is CCCCC(CCC)NCc1ccc(F)c(C#N)c1. The van der Waals surface area contributed by atoms with Gasteiger partial charge in [0.25, 0.3) is 0 Å². The average molecular weight is 262 g/mol. The van der Waals surface area contributed by atoms with Crippen molar-refractivity contribution in [3.63, 3.8) is 0 Å². The highest BCUT2D eigenvalue weighted by molar-refractivity contribution is 5.34. The first-order valence-electron chi connectivity index (χ1n) is 7.13. The highest BCUT2D eigenvalue weighted by atomic mass is 19.1. The first kappa shape index (κ1) is 15.7. The number of halogens is 1. The molecule has 1 aromatic rings. The molecule has 0 spiro atoms. The predicted octanol–water partition coefficient (Wildman–Crippen LogP) is 4.15. The molecule has 0 aliphatic heterocycles. The van der Waals surface area contributed by atoms with Gasteiger partial charge >= 0.3 is 0 Å². The van der Waals surface area contributed by atoms with Gasteiger partial charge in [0.05, 0.1) is 5.56 Å². The minimum Gasteiger partial charge on any atom is -0.310 e. The minimum atomic E-state index is -0.442. The number of hydrogen-bond acceptors (Lipinski definition) is 2. The smallest absolute Gasteiger partial charge is 0.140 e. The van der Waals surface area contributed by atoms with Crippen LogP contribution < -0.4 is 5.32 Å². The van der Waals surface area contributed by atoms with Crippen molar-refractivity contribution in [3.05, 3.63) is 35.1 Å². The van der Waals surface area contributed by atoms with Crippen molar-refractivity contribution in [2.75, 3.05) is 0 Å². The van der Waals surface area contributed by atoms with E-state index in [0.29, 0.717) is 12.6 Å². The van der Waals surface area contributed by atoms with Crippen LogP contribution >= 0.6 is 0 Å². The molecule has 2 nitrogen and oxygen atoms in total. The molecule has 0 radical (unpaired) electrons. The summed E-state index contributed by atoms with van der Waals surface area (Å²) in [5, 5.41) is 12.3. The van der Waals surface area contributed by atoms with E-state index in [-0.39, 0.29) is 5.56 Å². The van der Waals surface area contributed by atoms with Crippen LogP contribution in [-0.4, -0.2) is 6.04 Å². The monoisotopic (exact) mass is 262 g/mol. The summed E-state index contributed by atoms with van der Waals surface area (Å²) in [7, 11) is 0. The second-order valence-electron chi connectivity index (χ2n) is 4.93. The van der Waals surface area contributed by atoms with Crippen molar-refractivity contribution in [2.45, 2.75) is 58.5 Å². The van der Waals surface area contributed by atoms with Crippen LogP contribution in [0.4, 0.5) is 4.39 Å². The highest BCUT2D eigenvalue weighted by Gasteiger charge is 2.08. The third-order valence-electron chi connectivity index (χ3n) is 3.29. The van der Waals surface area contributed by atoms with E-state index in [1.807, 2.05) is 6.07 Å². The Balaban J connectivity index is 2.56. The van der Waals surface area contributed by atoms with E-state index >= 15 is 0 Å². The Morgan fingerprint density at radius 2 is 2.05 bits per heavy atom. The molecule has 1 rings (SSSR count). The fourth-order valence-corrected chi connectivity index (χ4v) is 2.18. The summed E-state index contributed by atoms with van der Waals surface area (Å²) in [6.07, 6.45) is 5.93. The molecule has 0 aromatic heterocycles. The lowest BCUT2D eigenvalue weighted by Gasteiger charge is -2.18. The molecule has 19 heavy (non-hydrogen) atoms. The van der Waals surface area contributed by atoms with Gasteiger partial charge in [0.2, 0.25) is 0 Å². The minimum absolute atomic E-state index is 0.125. The zero-order chi connectivity index (χ0) is 14.1. The maximum absolute atomic E-state index is 13.2. The lowest BCUT2D eigenvalue weighted by molar-refractivity contribution is 0.434. The number of rotatable bonds is 8. The van der Waals surface area contributed by atoms with E-state index < -0.39 is 5.82 Å². The topological polar surface area (TPSA) is 35.8 Å². The van der Waals surface area contributed by atoms with Gasteiger partial charge in [-0.15, -0.1) is 0 Å². The predicted molar refractivity (Wildman–Crippen MR) is 76.2 cm³/mol. The van der Waals surface area contributed by atoms with Gasteiger partial charge in [-0.2, -0.15) is 5.26 Å². The largest absolute Gasteiger partial charge is 0.310 e. The van der Waals surface area contributed by atoms with E-state index in [0.717, 1.165) is 18.4 Å². The number of nitrogens with one attached hydrogen (secondary N) is 1. The second kappa shape index (κ2) is 8.66. The summed E-state index contributed by atoms with van der Waals surface area (Å²) in [4.78, 5) is 0. The van der Waals surface area contributed by atoms with Gasteiger partial charge < -0.3 is 5.32 Å². The van der Waals surface area contributed by atoms with Crippen molar-refractivity contribution in [1.29, 1.82) is 5.26 Å². The van der Waals surface area contributed by atoms with Crippen molar-refractivity contribution >= 4 is 0 Å². The third-order valence-corrected chi connectivity index (χ3v) is 3.29. The van der Waals surface area contributed by atoms with Crippen LogP contribution in [0.25, 0.3) is 0 Å². The summed E-state index contributed by atoms with van der Waals surface area (Å²) < 4.78 is 13.2. The molecular formula is C16H23FN2. The molecule has 1 N–H and O–H groups in total. The van der Waals surface area contributed by atoms with Gasteiger partial charge in [-0.25, -0.2) is 4.39 Å². The van der Waals surface area contributed by atoms with Crippen LogP contribution in [0, 0.1) is 17.1 Å². The first-order valence-corrected chi connectivity index (χ1v) is 7.13. The molecule has 0 aliphatic carbocycles. The number of hydrogen-bond donors (Lipinski definition) is 1. The highest BCUT2D eigenvalue weighted by Crippen LogP contribution is 2.11. The van der Waals surface area contributed by atoms with Crippen molar-refractivity contribution < 1.29 is 4.39 Å². The zero-order valence-electron chi connectivity index (χ0n) is 11.9. The van der Waals surface area contributed by atoms with E-state index in [9.17, 15) is 4.39 Å². The third kappa shape index (κ3) is 5.40. The van der Waals surface area contributed by atoms with Crippen LogP contribution in [0.3, 0.4) is 0 Å². The van der Waals surface area contributed by atoms with Crippen molar-refractivity contribution in [3.8, 4) is 6.07 Å². The van der Waals surface area contributed by atoms with Gasteiger partial charge in [0, 0.05) is 12.6 Å². The molecule has 0 fully saturated rings. The Kier molecular flexibility index (Phi) is 7.14. The molecule has 1 unspecified atom stereocenters. The van der Waals surface area contributed by atoms with Crippen molar-refractivity contribution in [1.82, 2.24) is 5.32 Å². The number of nitrogens with zero attached hydrogens (tertiary/aromatic N) is 1. The molecule has 0 saturated carbocycles. The molecular weight excluding hydrogens is 239 g/mol. The summed E-state index contributed by atoms with van der Waals surface area (Å²) in [5.74, 6) is -0.442. The first-order chi connectivity index (χ1) is 9.21. The molecule has 0 bridgehead atoms. The standard InChI is InChI=1S/C16H23FN2/c1-3-5-7-15(6-4-2)19-12-13-8-9-16(17)14(10-13)11-18/h8-10,15,19H,3-7,12H2,1-2H3. The van der Waals surface area contributed by atoms with Crippen molar-refractivity contribution in [2.24, 2.45) is 0 Å². The molecule has 0 amide bonds. The summed E-state index contributed by atoms with van der Waals surface area (Å²) >= 11 is 0. The van der Waals surface area contributed by atoms with Gasteiger partial charge in [-0.3, -0.25) is 0 Å². The molecule has 0 heterocycles. The zero-order valence-corrected chi connectivity index (χ0v) is 11.9. The summed E-state index contributed by atoms with van der Waals surface area (Å²) in [5.41, 5.74) is 1.09. The van der Waals surface area contributed by atoms with E-state index in [2.05, 4.69) is 19.2 Å². The van der Waals surface area contributed by atoms with Gasteiger partial charge in [0.15, 0.2) is 0 Å². The Labute approximate surface area is 115 Å². The Hall–Kier alpha value is -1.40. The molecule has 0 aliphatic rings.